The molecule has 0 unspecified atom stereocenters. The van der Waals surface area contributed by atoms with Crippen molar-refractivity contribution in [3.8, 4) is 192 Å². The van der Waals surface area contributed by atoms with Crippen LogP contribution in [0.25, 0.3) is 192 Å². The Hall–Kier alpha value is -17.0. The molecule has 13 nitrogen and oxygen atoms in total. The summed E-state index contributed by atoms with van der Waals surface area (Å²) in [6.07, 6.45) is 0. The summed E-state index contributed by atoms with van der Waals surface area (Å²) < 4.78 is 0. The number of hydrogen-bond donors (Lipinski definition) is 4. The summed E-state index contributed by atoms with van der Waals surface area (Å²) in [4.78, 5) is 43.7. The highest BCUT2D eigenvalue weighted by Gasteiger charge is 2.37. The van der Waals surface area contributed by atoms with E-state index in [-0.39, 0.29) is 10.8 Å². The predicted molar refractivity (Wildman–Crippen MR) is 604 cm³/mol. The minimum atomic E-state index is -1.43. The highest BCUT2D eigenvalue weighted by molar-refractivity contribution is 6.59. The van der Waals surface area contributed by atoms with Gasteiger partial charge in [-0.05, 0) is 201 Å². The van der Waals surface area contributed by atoms with Crippen molar-refractivity contribution in [1.29, 1.82) is 0 Å². The monoisotopic (exact) mass is 1960 g/mol. The van der Waals surface area contributed by atoms with Gasteiger partial charge in [0.2, 0.25) is 0 Å². The molecule has 3 aromatic heterocycles. The standard InChI is InChI=1S/C48H35N3.C33H22ClN3.C27H18ClN3.C15H15BO2.C6H6BClO2/c1-48(2)43-25-10-9-24-41(43)42-27-26-39(31-44(42)48)37-21-12-19-35(29-37)34-18-11-20-36(28-34)38-22-13-23-40(30-38)47-50-45(32-14-5-3-6-15-32)49-46(51-47)33-16-7-4-8-17-33;34-30-19-9-17-28(22-30)26-15-7-14-25(20-26)27-16-8-18-29(21-27)33-36-31(23-10-3-1-4-11-23)35-32(37-33)24-12-5-2-6-13-24;28-24-16-8-14-22(18-24)21-13-7-15-23(17-21)27-30-25(19-9-3-1-4-10-19)29-26(31-27)20-11-5-2-6-12-20;1-15(2)13-6-4-3-5-11(13)12-8-7-10(16(17)18)9-14(12)15;8-6-3-1-2-5(4-6)7(9)10/h3-31H,1-2H3;1-22H;1-18H;3-9,17-18H,1-2H3;1-4,9-10H. The molecule has 0 amide bonds. The van der Waals surface area contributed by atoms with Crippen molar-refractivity contribution in [1.82, 2.24) is 44.9 Å². The number of nitrogens with zero attached hydrogens (tertiary/aromatic N) is 9. The van der Waals surface area contributed by atoms with Gasteiger partial charge < -0.3 is 20.1 Å². The van der Waals surface area contributed by atoms with E-state index in [0.717, 1.165) is 105 Å². The normalized spacial score (nSPS) is 11.9. The Labute approximate surface area is 871 Å². The van der Waals surface area contributed by atoms with E-state index in [1.807, 2.05) is 273 Å². The Kier molecular flexibility index (Phi) is 29.2. The third-order valence-electron chi connectivity index (χ3n) is 26.3. The molecule has 24 rings (SSSR count). The highest BCUT2D eigenvalue weighted by Crippen LogP contribution is 2.51. The van der Waals surface area contributed by atoms with E-state index < -0.39 is 14.2 Å². The number of fused-ring (bicyclic) bond motifs is 6. The first-order valence-corrected chi connectivity index (χ1v) is 49.6. The smallest absolute Gasteiger partial charge is 0.423 e. The third-order valence-corrected chi connectivity index (χ3v) is 27.0. The summed E-state index contributed by atoms with van der Waals surface area (Å²) in [6.45, 7) is 9.02. The lowest BCUT2D eigenvalue weighted by atomic mass is 9.75. The fraction of sp³-hybridized carbons (Fsp3) is 0.0465. The van der Waals surface area contributed by atoms with Gasteiger partial charge in [-0.1, -0.05) is 469 Å². The summed E-state index contributed by atoms with van der Waals surface area (Å²) >= 11 is 18.0. The summed E-state index contributed by atoms with van der Waals surface area (Å²) in [5.41, 5.74) is 33.3. The molecule has 147 heavy (non-hydrogen) atoms. The van der Waals surface area contributed by atoms with Crippen molar-refractivity contribution < 1.29 is 20.1 Å². The lowest BCUT2D eigenvalue weighted by molar-refractivity contribution is 0.424. The zero-order chi connectivity index (χ0) is 101. The molecule has 0 bridgehead atoms. The van der Waals surface area contributed by atoms with Crippen LogP contribution in [0.5, 0.6) is 0 Å². The lowest BCUT2D eigenvalue weighted by Gasteiger charge is -2.22. The van der Waals surface area contributed by atoms with Gasteiger partial charge in [-0.2, -0.15) is 0 Å². The van der Waals surface area contributed by atoms with Crippen LogP contribution in [0.3, 0.4) is 0 Å². The topological polar surface area (TPSA) is 197 Å². The molecule has 0 saturated heterocycles. The van der Waals surface area contributed by atoms with Crippen molar-refractivity contribution >= 4 is 60.0 Å². The van der Waals surface area contributed by atoms with Gasteiger partial charge in [0.15, 0.2) is 52.4 Å². The number of rotatable bonds is 17. The number of hydrogen-bond acceptors (Lipinski definition) is 13. The molecule has 0 saturated carbocycles. The van der Waals surface area contributed by atoms with E-state index in [9.17, 15) is 10.0 Å². The van der Waals surface area contributed by atoms with Crippen molar-refractivity contribution in [2.75, 3.05) is 0 Å². The first-order valence-electron chi connectivity index (χ1n) is 48.4. The zero-order valence-corrected chi connectivity index (χ0v) is 83.1. The minimum absolute atomic E-state index is 0.0318. The number of aromatic nitrogens is 9. The van der Waals surface area contributed by atoms with Gasteiger partial charge in [-0.3, -0.25) is 0 Å². The van der Waals surface area contributed by atoms with Gasteiger partial charge in [0, 0.05) is 76.0 Å². The minimum Gasteiger partial charge on any atom is -0.423 e. The van der Waals surface area contributed by atoms with Crippen molar-refractivity contribution in [3.63, 3.8) is 0 Å². The molecule has 22 aromatic rings. The summed E-state index contributed by atoms with van der Waals surface area (Å²) in [6, 6.07) is 163. The van der Waals surface area contributed by atoms with Gasteiger partial charge in [0.1, 0.15) is 0 Å². The van der Waals surface area contributed by atoms with Gasteiger partial charge >= 0.3 is 14.2 Å². The van der Waals surface area contributed by atoms with E-state index in [4.69, 9.17) is 89.7 Å². The second-order valence-corrected chi connectivity index (χ2v) is 38.1. The Balaban J connectivity index is 0.000000121. The average molecular weight is 1960 g/mol. The van der Waals surface area contributed by atoms with Crippen molar-refractivity contribution in [2.24, 2.45) is 0 Å². The fourth-order valence-electron chi connectivity index (χ4n) is 18.7. The average Bonchev–Trinajstić information content (AvgIpc) is 1.58. The Morgan fingerprint density at radius 3 is 0.612 bits per heavy atom. The second kappa shape index (κ2) is 44.1. The van der Waals surface area contributed by atoms with Crippen LogP contribution in [-0.4, -0.2) is 79.2 Å². The van der Waals surface area contributed by atoms with E-state index in [2.05, 4.69) is 210 Å². The Morgan fingerprint density at radius 2 is 0.347 bits per heavy atom. The summed E-state index contributed by atoms with van der Waals surface area (Å²) in [7, 11) is -2.84. The van der Waals surface area contributed by atoms with E-state index in [0.29, 0.717) is 73.4 Å². The molecule has 2 aliphatic carbocycles. The van der Waals surface area contributed by atoms with Gasteiger partial charge in [0.25, 0.3) is 0 Å². The van der Waals surface area contributed by atoms with Crippen LogP contribution in [0, 0.1) is 0 Å². The van der Waals surface area contributed by atoms with Crippen LogP contribution in [0.2, 0.25) is 15.1 Å². The molecule has 18 heteroatoms. The van der Waals surface area contributed by atoms with Crippen LogP contribution in [-0.2, 0) is 10.8 Å². The third kappa shape index (κ3) is 22.4. The van der Waals surface area contributed by atoms with Crippen LogP contribution in [0.1, 0.15) is 49.9 Å². The largest absolute Gasteiger partial charge is 0.488 e. The zero-order valence-electron chi connectivity index (χ0n) is 80.8. The maximum atomic E-state index is 9.30. The molecule has 2 aliphatic rings. The molecule has 0 atom stereocenters. The SMILES string of the molecule is CC1(C)c2ccccc2-c2ccc(-c3cccc(-c4cccc(-c5cccc(-c6nc(-c7ccccc7)nc(-c7ccccc7)n6)c5)c4)c3)cc21.CC1(C)c2ccccc2-c2ccc(B(O)O)cc21.Clc1cccc(-c2cccc(-c3cccc(-c4nc(-c5ccccc5)nc(-c5ccccc5)n4)c3)c2)c1.Clc1cccc(-c2cccc(-c3nc(-c4ccccc4)nc(-c4ccccc4)n3)c2)c1.OB(O)c1cccc(Cl)c1. The van der Waals surface area contributed by atoms with Crippen LogP contribution < -0.4 is 10.9 Å². The molecule has 708 valence electrons. The molecule has 3 heterocycles. The Morgan fingerprint density at radius 1 is 0.156 bits per heavy atom. The van der Waals surface area contributed by atoms with Gasteiger partial charge in [-0.25, -0.2) is 44.9 Å². The maximum Gasteiger partial charge on any atom is 0.488 e. The molecule has 0 spiro atoms. The fourth-order valence-corrected chi connectivity index (χ4v) is 19.3. The molecule has 0 radical (unpaired) electrons. The van der Waals surface area contributed by atoms with E-state index in [1.54, 1.807) is 24.3 Å². The van der Waals surface area contributed by atoms with E-state index >= 15 is 0 Å². The lowest BCUT2D eigenvalue weighted by Crippen LogP contribution is -2.31. The molecule has 4 N–H and O–H groups in total. The highest BCUT2D eigenvalue weighted by atomic mass is 35.5. The second-order valence-electron chi connectivity index (χ2n) is 36.8. The predicted octanol–water partition coefficient (Wildman–Crippen LogP) is 29.9. The molecular formula is C129H96B2Cl3N9O4. The molecular weight excluding hydrogens is 1870 g/mol. The van der Waals surface area contributed by atoms with Crippen molar-refractivity contribution in [2.45, 2.75) is 38.5 Å². The van der Waals surface area contributed by atoms with Gasteiger partial charge in [0.05, 0.1) is 0 Å². The molecule has 19 aromatic carbocycles. The van der Waals surface area contributed by atoms with Crippen LogP contribution >= 0.6 is 34.8 Å². The number of halogens is 3. The van der Waals surface area contributed by atoms with Gasteiger partial charge in [-0.15, -0.1) is 0 Å². The first-order chi connectivity index (χ1) is 71.7. The number of benzene rings is 19. The van der Waals surface area contributed by atoms with E-state index in [1.165, 1.54) is 67.3 Å². The molecule has 0 fully saturated rings. The molecule has 0 aliphatic heterocycles. The van der Waals surface area contributed by atoms with Crippen LogP contribution in [0.15, 0.2) is 485 Å². The first kappa shape index (κ1) is 97.5. The van der Waals surface area contributed by atoms with Crippen molar-refractivity contribution in [3.05, 3.63) is 523 Å². The maximum absolute atomic E-state index is 9.30. The Bertz CT molecular complexity index is 8320. The summed E-state index contributed by atoms with van der Waals surface area (Å²) in [5.74, 6) is 5.84. The quantitative estimate of drug-likeness (QED) is 0.0629. The van der Waals surface area contributed by atoms with Crippen LogP contribution in [0.4, 0.5) is 0 Å². The summed E-state index contributed by atoms with van der Waals surface area (Å²) in [5, 5.41) is 37.8.